The second-order valence-electron chi connectivity index (χ2n) is 6.45. The van der Waals surface area contributed by atoms with Crippen molar-refractivity contribution in [3.63, 3.8) is 0 Å². The van der Waals surface area contributed by atoms with Gasteiger partial charge in [0.05, 0.1) is 16.9 Å². The maximum absolute atomic E-state index is 12.2. The van der Waals surface area contributed by atoms with Crippen LogP contribution in [-0.4, -0.2) is 31.1 Å². The van der Waals surface area contributed by atoms with Gasteiger partial charge in [-0.25, -0.2) is 0 Å². The molecule has 0 radical (unpaired) electrons. The second kappa shape index (κ2) is 7.78. The van der Waals surface area contributed by atoms with Crippen LogP contribution < -0.4 is 10.6 Å². The zero-order chi connectivity index (χ0) is 19.4. The number of hydrogen-bond acceptors (Lipinski definition) is 4. The number of methoxy groups -OCH3 is 1. The number of benzene rings is 2. The molecule has 0 atom stereocenters. The third kappa shape index (κ3) is 4.11. The summed E-state index contributed by atoms with van der Waals surface area (Å²) in [6.45, 7) is 0.199. The Morgan fingerprint density at radius 3 is 2.44 bits per heavy atom. The molecule has 0 saturated carbocycles. The van der Waals surface area contributed by atoms with Crippen LogP contribution in [0.4, 0.5) is 5.69 Å². The van der Waals surface area contributed by atoms with Crippen molar-refractivity contribution in [1.82, 2.24) is 5.32 Å². The van der Waals surface area contributed by atoms with Crippen molar-refractivity contribution in [3.05, 3.63) is 64.2 Å². The third-order valence-electron chi connectivity index (χ3n) is 4.70. The van der Waals surface area contributed by atoms with Crippen LogP contribution in [0.1, 0.15) is 16.7 Å². The van der Waals surface area contributed by atoms with Gasteiger partial charge < -0.3 is 15.4 Å². The number of amides is 2. The molecule has 2 aromatic carbocycles. The minimum Gasteiger partial charge on any atom is -0.376 e. The first-order valence-corrected chi connectivity index (χ1v) is 8.75. The van der Waals surface area contributed by atoms with Gasteiger partial charge in [-0.3, -0.25) is 9.59 Å². The molecule has 138 valence electrons. The standard InChI is InChI=1S/C20H18ClN3O3/c1-27-20(9-13-4-2-3-5-14(13)10-20)12-23-18(25)19(26)24-17-8-16(21)7-6-15(17)11-22/h2-8H,9-10,12H2,1H3,(H,23,25)(H,24,26). The smallest absolute Gasteiger partial charge is 0.313 e. The molecular weight excluding hydrogens is 366 g/mol. The quantitative estimate of drug-likeness (QED) is 0.793. The number of rotatable bonds is 4. The Hall–Kier alpha value is -2.88. The van der Waals surface area contributed by atoms with Gasteiger partial charge in [0.25, 0.3) is 0 Å². The Morgan fingerprint density at radius 2 is 1.85 bits per heavy atom. The van der Waals surface area contributed by atoms with Crippen LogP contribution >= 0.6 is 11.6 Å². The van der Waals surface area contributed by atoms with E-state index in [0.29, 0.717) is 17.9 Å². The van der Waals surface area contributed by atoms with Crippen LogP contribution in [-0.2, 0) is 27.2 Å². The van der Waals surface area contributed by atoms with Gasteiger partial charge in [-0.2, -0.15) is 5.26 Å². The van der Waals surface area contributed by atoms with Crippen molar-refractivity contribution in [2.45, 2.75) is 18.4 Å². The molecule has 2 N–H and O–H groups in total. The van der Waals surface area contributed by atoms with Crippen LogP contribution in [0, 0.1) is 11.3 Å². The number of carbonyl (C=O) groups excluding carboxylic acids is 2. The van der Waals surface area contributed by atoms with E-state index in [1.54, 1.807) is 7.11 Å². The Kier molecular flexibility index (Phi) is 5.45. The van der Waals surface area contributed by atoms with E-state index < -0.39 is 17.4 Å². The number of nitrogens with zero attached hydrogens (tertiary/aromatic N) is 1. The number of ether oxygens (including phenoxy) is 1. The molecule has 0 bridgehead atoms. The summed E-state index contributed by atoms with van der Waals surface area (Å²) in [4.78, 5) is 24.4. The highest BCUT2D eigenvalue weighted by Gasteiger charge is 2.38. The number of fused-ring (bicyclic) bond motifs is 1. The van der Waals surface area contributed by atoms with Crippen LogP contribution in [0.15, 0.2) is 42.5 Å². The molecule has 27 heavy (non-hydrogen) atoms. The van der Waals surface area contributed by atoms with Crippen molar-refractivity contribution < 1.29 is 14.3 Å². The molecule has 7 heteroatoms. The summed E-state index contributed by atoms with van der Waals surface area (Å²) < 4.78 is 5.67. The van der Waals surface area contributed by atoms with Crippen LogP contribution in [0.5, 0.6) is 0 Å². The molecule has 2 amide bonds. The Labute approximate surface area is 162 Å². The topological polar surface area (TPSA) is 91.2 Å². The fraction of sp³-hybridized carbons (Fsp3) is 0.250. The highest BCUT2D eigenvalue weighted by Crippen LogP contribution is 2.32. The van der Waals surface area contributed by atoms with E-state index in [4.69, 9.17) is 21.6 Å². The average Bonchev–Trinajstić information content (AvgIpc) is 3.05. The first-order valence-electron chi connectivity index (χ1n) is 8.37. The predicted octanol–water partition coefficient (Wildman–Crippen LogP) is 2.45. The van der Waals surface area contributed by atoms with Gasteiger partial charge >= 0.3 is 11.8 Å². The van der Waals surface area contributed by atoms with Crippen LogP contribution in [0.25, 0.3) is 0 Å². The van der Waals surface area contributed by atoms with Crippen LogP contribution in [0.2, 0.25) is 5.02 Å². The van der Waals surface area contributed by atoms with Gasteiger partial charge in [0.15, 0.2) is 0 Å². The largest absolute Gasteiger partial charge is 0.376 e. The summed E-state index contributed by atoms with van der Waals surface area (Å²) >= 11 is 5.89. The van der Waals surface area contributed by atoms with E-state index in [9.17, 15) is 9.59 Å². The van der Waals surface area contributed by atoms with E-state index in [-0.39, 0.29) is 17.8 Å². The first kappa shape index (κ1) is 18.9. The molecule has 0 fully saturated rings. The van der Waals surface area contributed by atoms with Crippen LogP contribution in [0.3, 0.4) is 0 Å². The molecule has 0 saturated heterocycles. The second-order valence-corrected chi connectivity index (χ2v) is 6.88. The van der Waals surface area contributed by atoms with Gasteiger partial charge in [0, 0.05) is 31.5 Å². The molecule has 0 spiro atoms. The van der Waals surface area contributed by atoms with Crippen molar-refractivity contribution in [2.75, 3.05) is 19.0 Å². The molecule has 0 aliphatic heterocycles. The van der Waals surface area contributed by atoms with Gasteiger partial charge in [0.2, 0.25) is 0 Å². The van der Waals surface area contributed by atoms with Gasteiger partial charge in [-0.05, 0) is 29.3 Å². The van der Waals surface area contributed by atoms with Crippen molar-refractivity contribution >= 4 is 29.1 Å². The van der Waals surface area contributed by atoms with Gasteiger partial charge in [0.1, 0.15) is 6.07 Å². The maximum atomic E-state index is 12.2. The summed E-state index contributed by atoms with van der Waals surface area (Å²) in [6.07, 6.45) is 1.32. The van der Waals surface area contributed by atoms with Gasteiger partial charge in [-0.15, -0.1) is 0 Å². The molecule has 2 aromatic rings. The average molecular weight is 384 g/mol. The zero-order valence-corrected chi connectivity index (χ0v) is 15.5. The Morgan fingerprint density at radius 1 is 1.19 bits per heavy atom. The molecule has 6 nitrogen and oxygen atoms in total. The number of anilines is 1. The predicted molar refractivity (Wildman–Crippen MR) is 101 cm³/mol. The van der Waals surface area contributed by atoms with E-state index in [0.717, 1.165) is 0 Å². The lowest BCUT2D eigenvalue weighted by Crippen LogP contribution is -2.48. The van der Waals surface area contributed by atoms with Crippen molar-refractivity contribution in [2.24, 2.45) is 0 Å². The first-order chi connectivity index (χ1) is 13.0. The summed E-state index contributed by atoms with van der Waals surface area (Å²) in [7, 11) is 1.60. The fourth-order valence-corrected chi connectivity index (χ4v) is 3.39. The van der Waals surface area contributed by atoms with Gasteiger partial charge in [-0.1, -0.05) is 35.9 Å². The van der Waals surface area contributed by atoms with E-state index in [2.05, 4.69) is 10.6 Å². The Balaban J connectivity index is 1.63. The molecule has 3 rings (SSSR count). The molecular formula is C20H18ClN3O3. The highest BCUT2D eigenvalue weighted by atomic mass is 35.5. The Bertz CT molecular complexity index is 911. The minimum atomic E-state index is -0.865. The normalized spacial score (nSPS) is 14.1. The monoisotopic (exact) mass is 383 g/mol. The maximum Gasteiger partial charge on any atom is 0.313 e. The van der Waals surface area contributed by atoms with Crippen molar-refractivity contribution in [1.29, 1.82) is 5.26 Å². The van der Waals surface area contributed by atoms with Crippen molar-refractivity contribution in [3.8, 4) is 6.07 Å². The van der Waals surface area contributed by atoms with E-state index in [1.807, 2.05) is 30.3 Å². The number of carbonyl (C=O) groups is 2. The summed E-state index contributed by atoms with van der Waals surface area (Å²) in [5, 5.41) is 14.5. The van der Waals surface area contributed by atoms with E-state index >= 15 is 0 Å². The summed E-state index contributed by atoms with van der Waals surface area (Å²) in [6, 6.07) is 14.4. The lowest BCUT2D eigenvalue weighted by molar-refractivity contribution is -0.137. The third-order valence-corrected chi connectivity index (χ3v) is 4.94. The summed E-state index contributed by atoms with van der Waals surface area (Å²) in [5.74, 6) is -1.67. The molecule has 0 aromatic heterocycles. The highest BCUT2D eigenvalue weighted by molar-refractivity contribution is 6.40. The number of halogens is 1. The fourth-order valence-electron chi connectivity index (χ4n) is 3.22. The number of hydrogen-bond donors (Lipinski definition) is 2. The SMILES string of the molecule is COC1(CNC(=O)C(=O)Nc2cc(Cl)ccc2C#N)Cc2ccccc2C1. The van der Waals surface area contributed by atoms with E-state index in [1.165, 1.54) is 29.3 Å². The number of nitriles is 1. The molecule has 0 heterocycles. The summed E-state index contributed by atoms with van der Waals surface area (Å²) in [5.41, 5.74) is 2.19. The molecule has 0 unspecified atom stereocenters. The molecule has 1 aliphatic rings. The molecule has 1 aliphatic carbocycles. The lowest BCUT2D eigenvalue weighted by atomic mass is 10.00. The number of nitrogens with one attached hydrogen (secondary N) is 2. The minimum absolute atomic E-state index is 0.194. The lowest BCUT2D eigenvalue weighted by Gasteiger charge is -2.27. The zero-order valence-electron chi connectivity index (χ0n) is 14.7.